The number of rotatable bonds is 12. The van der Waals surface area contributed by atoms with Crippen LogP contribution in [-0.2, 0) is 0 Å². The van der Waals surface area contributed by atoms with E-state index in [0.29, 0.717) is 0 Å². The van der Waals surface area contributed by atoms with Crippen LogP contribution < -0.4 is 0 Å². The molecule has 0 fully saturated rings. The molecule has 1 atom stereocenters. The highest BCUT2D eigenvalue weighted by Gasteiger charge is 2.22. The zero-order chi connectivity index (χ0) is 14.7. The molecule has 0 aliphatic rings. The molecule has 1 heteroatoms. The van der Waals surface area contributed by atoms with E-state index < -0.39 is 0 Å². The fraction of sp³-hybridized carbons (Fsp3) is 1.00. The minimum Gasteiger partial charge on any atom is -0.393 e. The summed E-state index contributed by atoms with van der Waals surface area (Å²) in [6.45, 7) is 11.4. The van der Waals surface area contributed by atoms with E-state index in [2.05, 4.69) is 34.6 Å². The molecule has 0 saturated heterocycles. The van der Waals surface area contributed by atoms with Crippen molar-refractivity contribution in [1.82, 2.24) is 0 Å². The highest BCUT2D eigenvalue weighted by Crippen LogP contribution is 2.31. The van der Waals surface area contributed by atoms with E-state index in [4.69, 9.17) is 0 Å². The second-order valence-electron chi connectivity index (χ2n) is 7.53. The van der Waals surface area contributed by atoms with Crippen LogP contribution in [0.15, 0.2) is 0 Å². The first-order valence-electron chi connectivity index (χ1n) is 8.55. The third-order valence-electron chi connectivity index (χ3n) is 3.89. The lowest BCUT2D eigenvalue weighted by atomic mass is 9.79. The third kappa shape index (κ3) is 12.7. The molecule has 1 N–H and O–H groups in total. The van der Waals surface area contributed by atoms with Crippen molar-refractivity contribution in [1.29, 1.82) is 0 Å². The SMILES string of the molecule is CCCCCCCCCC(O)CC(C)(C)CC(C)C. The van der Waals surface area contributed by atoms with Gasteiger partial charge >= 0.3 is 0 Å². The number of unbranched alkanes of at least 4 members (excludes halogenated alkanes) is 6. The van der Waals surface area contributed by atoms with Gasteiger partial charge in [-0.1, -0.05) is 79.6 Å². The zero-order valence-electron chi connectivity index (χ0n) is 14.2. The van der Waals surface area contributed by atoms with Gasteiger partial charge in [0.15, 0.2) is 0 Å². The molecular weight excluding hydrogens is 232 g/mol. The maximum absolute atomic E-state index is 10.1. The van der Waals surface area contributed by atoms with Crippen molar-refractivity contribution in [2.75, 3.05) is 0 Å². The van der Waals surface area contributed by atoms with Gasteiger partial charge in [-0.05, 0) is 30.6 Å². The molecule has 0 rings (SSSR count). The average Bonchev–Trinajstić information content (AvgIpc) is 2.25. The first-order chi connectivity index (χ1) is 8.87. The Balaban J connectivity index is 3.55. The summed E-state index contributed by atoms with van der Waals surface area (Å²) in [6, 6.07) is 0. The first kappa shape index (κ1) is 19.0. The van der Waals surface area contributed by atoms with Gasteiger partial charge in [0.1, 0.15) is 0 Å². The molecule has 0 saturated carbocycles. The van der Waals surface area contributed by atoms with E-state index >= 15 is 0 Å². The molecule has 0 radical (unpaired) electrons. The van der Waals surface area contributed by atoms with Crippen molar-refractivity contribution in [2.24, 2.45) is 11.3 Å². The highest BCUT2D eigenvalue weighted by atomic mass is 16.3. The maximum atomic E-state index is 10.1. The Labute approximate surface area is 122 Å². The quantitative estimate of drug-likeness (QED) is 0.434. The van der Waals surface area contributed by atoms with Crippen molar-refractivity contribution in [2.45, 2.75) is 105 Å². The number of hydrogen-bond acceptors (Lipinski definition) is 1. The molecule has 0 bridgehead atoms. The molecule has 0 aromatic rings. The Hall–Kier alpha value is -0.0400. The van der Waals surface area contributed by atoms with Crippen molar-refractivity contribution < 1.29 is 5.11 Å². The molecule has 0 amide bonds. The molecule has 0 aromatic heterocycles. The summed E-state index contributed by atoms with van der Waals surface area (Å²) in [4.78, 5) is 0. The normalized spacial score (nSPS) is 14.1. The van der Waals surface area contributed by atoms with Crippen LogP contribution in [0.3, 0.4) is 0 Å². The Morgan fingerprint density at radius 2 is 1.37 bits per heavy atom. The minimum absolute atomic E-state index is 0.0932. The van der Waals surface area contributed by atoms with Gasteiger partial charge in [-0.3, -0.25) is 0 Å². The molecule has 1 unspecified atom stereocenters. The van der Waals surface area contributed by atoms with Crippen LogP contribution >= 0.6 is 0 Å². The van der Waals surface area contributed by atoms with E-state index in [1.165, 1.54) is 51.4 Å². The summed E-state index contributed by atoms with van der Waals surface area (Å²) >= 11 is 0. The van der Waals surface area contributed by atoms with Gasteiger partial charge < -0.3 is 5.11 Å². The topological polar surface area (TPSA) is 20.2 Å². The van der Waals surface area contributed by atoms with Gasteiger partial charge in [-0.2, -0.15) is 0 Å². The number of hydrogen-bond donors (Lipinski definition) is 1. The van der Waals surface area contributed by atoms with Crippen molar-refractivity contribution in [3.8, 4) is 0 Å². The Morgan fingerprint density at radius 3 is 1.89 bits per heavy atom. The van der Waals surface area contributed by atoms with Crippen LogP contribution in [0, 0.1) is 11.3 Å². The molecule has 1 nitrogen and oxygen atoms in total. The molecule has 19 heavy (non-hydrogen) atoms. The predicted octanol–water partition coefficient (Wildman–Crippen LogP) is 5.95. The molecule has 0 aliphatic carbocycles. The largest absolute Gasteiger partial charge is 0.393 e. The molecular formula is C18H38O. The monoisotopic (exact) mass is 270 g/mol. The van der Waals surface area contributed by atoms with E-state index in [1.807, 2.05) is 0 Å². The second-order valence-corrected chi connectivity index (χ2v) is 7.53. The van der Waals surface area contributed by atoms with Crippen molar-refractivity contribution in [3.05, 3.63) is 0 Å². The fourth-order valence-electron chi connectivity index (χ4n) is 3.27. The van der Waals surface area contributed by atoms with Crippen molar-refractivity contribution in [3.63, 3.8) is 0 Å². The predicted molar refractivity (Wildman–Crippen MR) is 86.5 cm³/mol. The second kappa shape index (κ2) is 10.7. The lowest BCUT2D eigenvalue weighted by molar-refractivity contribution is 0.0930. The summed E-state index contributed by atoms with van der Waals surface area (Å²) < 4.78 is 0. The van der Waals surface area contributed by atoms with Gasteiger partial charge in [0.25, 0.3) is 0 Å². The van der Waals surface area contributed by atoms with Gasteiger partial charge in [0, 0.05) is 0 Å². The maximum Gasteiger partial charge on any atom is 0.0545 e. The summed E-state index contributed by atoms with van der Waals surface area (Å²) in [6.07, 6.45) is 12.4. The molecule has 0 aliphatic heterocycles. The van der Waals surface area contributed by atoms with Gasteiger partial charge in [0.05, 0.1) is 6.10 Å². The highest BCUT2D eigenvalue weighted by molar-refractivity contribution is 4.74. The lowest BCUT2D eigenvalue weighted by Crippen LogP contribution is -2.22. The van der Waals surface area contributed by atoms with Gasteiger partial charge in [0.2, 0.25) is 0 Å². The van der Waals surface area contributed by atoms with Crippen LogP contribution in [0.2, 0.25) is 0 Å². The Morgan fingerprint density at radius 1 is 0.842 bits per heavy atom. The number of aliphatic hydroxyl groups excluding tert-OH is 1. The van der Waals surface area contributed by atoms with Crippen molar-refractivity contribution >= 4 is 0 Å². The zero-order valence-corrected chi connectivity index (χ0v) is 14.2. The Kier molecular flexibility index (Phi) is 10.7. The average molecular weight is 271 g/mol. The van der Waals surface area contributed by atoms with Crippen LogP contribution in [0.1, 0.15) is 98.8 Å². The van der Waals surface area contributed by atoms with E-state index in [9.17, 15) is 5.11 Å². The summed E-state index contributed by atoms with van der Waals surface area (Å²) in [5.41, 5.74) is 0.286. The number of aliphatic hydroxyl groups is 1. The van der Waals surface area contributed by atoms with E-state index in [0.717, 1.165) is 18.8 Å². The first-order valence-corrected chi connectivity index (χ1v) is 8.55. The van der Waals surface area contributed by atoms with Crippen LogP contribution in [0.25, 0.3) is 0 Å². The minimum atomic E-state index is -0.0932. The molecule has 0 aromatic carbocycles. The van der Waals surface area contributed by atoms with Crippen LogP contribution in [0.5, 0.6) is 0 Å². The van der Waals surface area contributed by atoms with Gasteiger partial charge in [-0.25, -0.2) is 0 Å². The molecule has 0 heterocycles. The lowest BCUT2D eigenvalue weighted by Gasteiger charge is -2.29. The van der Waals surface area contributed by atoms with Crippen LogP contribution in [-0.4, -0.2) is 11.2 Å². The summed E-state index contributed by atoms with van der Waals surface area (Å²) in [5.74, 6) is 0.723. The summed E-state index contributed by atoms with van der Waals surface area (Å²) in [7, 11) is 0. The smallest absolute Gasteiger partial charge is 0.0545 e. The van der Waals surface area contributed by atoms with Gasteiger partial charge in [-0.15, -0.1) is 0 Å². The summed E-state index contributed by atoms with van der Waals surface area (Å²) in [5, 5.41) is 10.1. The standard InChI is InChI=1S/C18H38O/c1-6-7-8-9-10-11-12-13-17(19)15-18(4,5)14-16(2)3/h16-17,19H,6-15H2,1-5H3. The fourth-order valence-corrected chi connectivity index (χ4v) is 3.27. The Bertz CT molecular complexity index is 196. The van der Waals surface area contributed by atoms with E-state index in [1.54, 1.807) is 0 Å². The van der Waals surface area contributed by atoms with E-state index in [-0.39, 0.29) is 11.5 Å². The molecule has 116 valence electrons. The van der Waals surface area contributed by atoms with Crippen LogP contribution in [0.4, 0.5) is 0 Å². The molecule has 0 spiro atoms. The third-order valence-corrected chi connectivity index (χ3v) is 3.89.